The second-order valence-corrected chi connectivity index (χ2v) is 6.28. The van der Waals surface area contributed by atoms with Crippen LogP contribution in [0.4, 0.5) is 0 Å². The molecule has 0 atom stereocenters. The molecule has 1 heterocycles. The Labute approximate surface area is 117 Å². The molecule has 104 valence electrons. The number of benzene rings is 1. The Morgan fingerprint density at radius 3 is 2.53 bits per heavy atom. The van der Waals surface area contributed by atoms with Gasteiger partial charge in [0.25, 0.3) is 0 Å². The van der Waals surface area contributed by atoms with Crippen molar-refractivity contribution in [2.45, 2.75) is 26.7 Å². The Morgan fingerprint density at radius 1 is 1.21 bits per heavy atom. The third-order valence-electron chi connectivity index (χ3n) is 3.91. The lowest BCUT2D eigenvalue weighted by Crippen LogP contribution is -2.38. The molecule has 0 spiro atoms. The van der Waals surface area contributed by atoms with E-state index in [1.807, 2.05) is 0 Å². The maximum Gasteiger partial charge on any atom is 0.0169 e. The number of nitrogens with two attached hydrogens (primary N) is 1. The first-order valence-electron chi connectivity index (χ1n) is 7.28. The van der Waals surface area contributed by atoms with Gasteiger partial charge in [-0.05, 0) is 35.9 Å². The van der Waals surface area contributed by atoms with E-state index in [4.69, 9.17) is 5.73 Å². The van der Waals surface area contributed by atoms with Crippen molar-refractivity contribution in [1.29, 1.82) is 0 Å². The van der Waals surface area contributed by atoms with Crippen LogP contribution in [0.25, 0.3) is 5.57 Å². The highest BCUT2D eigenvalue weighted by atomic mass is 15.1. The van der Waals surface area contributed by atoms with Crippen molar-refractivity contribution in [2.75, 3.05) is 26.2 Å². The van der Waals surface area contributed by atoms with E-state index < -0.39 is 0 Å². The molecule has 0 saturated heterocycles. The Hall–Kier alpha value is -1.12. The van der Waals surface area contributed by atoms with Crippen molar-refractivity contribution in [3.05, 3.63) is 42.0 Å². The molecule has 0 amide bonds. The molecule has 0 saturated carbocycles. The zero-order valence-electron chi connectivity index (χ0n) is 12.2. The standard InChI is InChI=1S/C17H26N2/c1-17(2,10-11-18)14-19-12-8-16(9-13-19)15-6-4-3-5-7-15/h3-8H,9-14,18H2,1-2H3. The maximum absolute atomic E-state index is 5.69. The van der Waals surface area contributed by atoms with E-state index in [-0.39, 0.29) is 0 Å². The highest BCUT2D eigenvalue weighted by molar-refractivity contribution is 5.66. The first kappa shape index (κ1) is 14.3. The lowest BCUT2D eigenvalue weighted by atomic mass is 9.88. The van der Waals surface area contributed by atoms with Crippen molar-refractivity contribution < 1.29 is 0 Å². The monoisotopic (exact) mass is 258 g/mol. The fourth-order valence-corrected chi connectivity index (χ4v) is 2.84. The van der Waals surface area contributed by atoms with Crippen LogP contribution in [0.1, 0.15) is 32.3 Å². The fraction of sp³-hybridized carbons (Fsp3) is 0.529. The van der Waals surface area contributed by atoms with Crippen LogP contribution in [0.5, 0.6) is 0 Å². The second kappa shape index (κ2) is 6.36. The van der Waals surface area contributed by atoms with Crippen molar-refractivity contribution >= 4 is 5.57 Å². The van der Waals surface area contributed by atoms with Crippen LogP contribution < -0.4 is 5.73 Å². The summed E-state index contributed by atoms with van der Waals surface area (Å²) in [5.41, 5.74) is 8.89. The van der Waals surface area contributed by atoms with Crippen LogP contribution in [0.15, 0.2) is 36.4 Å². The van der Waals surface area contributed by atoms with E-state index in [1.165, 1.54) is 11.1 Å². The average Bonchev–Trinajstić information content (AvgIpc) is 2.40. The lowest BCUT2D eigenvalue weighted by Gasteiger charge is -2.34. The minimum Gasteiger partial charge on any atom is -0.330 e. The van der Waals surface area contributed by atoms with Gasteiger partial charge < -0.3 is 5.73 Å². The fourth-order valence-electron chi connectivity index (χ4n) is 2.84. The van der Waals surface area contributed by atoms with Crippen LogP contribution in [0.2, 0.25) is 0 Å². The van der Waals surface area contributed by atoms with Gasteiger partial charge in [0.05, 0.1) is 0 Å². The highest BCUT2D eigenvalue weighted by Gasteiger charge is 2.22. The summed E-state index contributed by atoms with van der Waals surface area (Å²) in [4.78, 5) is 2.54. The Morgan fingerprint density at radius 2 is 1.95 bits per heavy atom. The van der Waals surface area contributed by atoms with Crippen LogP contribution in [-0.4, -0.2) is 31.1 Å². The van der Waals surface area contributed by atoms with Gasteiger partial charge >= 0.3 is 0 Å². The molecule has 1 aromatic carbocycles. The quantitative estimate of drug-likeness (QED) is 0.879. The SMILES string of the molecule is CC(C)(CCN)CN1CC=C(c2ccccc2)CC1. The second-order valence-electron chi connectivity index (χ2n) is 6.28. The Balaban J connectivity index is 1.93. The van der Waals surface area contributed by atoms with Crippen LogP contribution >= 0.6 is 0 Å². The van der Waals surface area contributed by atoms with Gasteiger partial charge in [0, 0.05) is 19.6 Å². The number of hydrogen-bond donors (Lipinski definition) is 1. The molecular formula is C17H26N2. The first-order chi connectivity index (χ1) is 9.11. The topological polar surface area (TPSA) is 29.3 Å². The third kappa shape index (κ3) is 4.19. The summed E-state index contributed by atoms with van der Waals surface area (Å²) in [5.74, 6) is 0. The van der Waals surface area contributed by atoms with Gasteiger partial charge in [-0.2, -0.15) is 0 Å². The van der Waals surface area contributed by atoms with Gasteiger partial charge in [-0.25, -0.2) is 0 Å². The van der Waals surface area contributed by atoms with E-state index >= 15 is 0 Å². The molecule has 0 unspecified atom stereocenters. The van der Waals surface area contributed by atoms with Gasteiger partial charge in [0.2, 0.25) is 0 Å². The number of hydrogen-bond acceptors (Lipinski definition) is 2. The summed E-state index contributed by atoms with van der Waals surface area (Å²) < 4.78 is 0. The van der Waals surface area contributed by atoms with E-state index in [2.05, 4.69) is 55.2 Å². The molecule has 0 aromatic heterocycles. The minimum absolute atomic E-state index is 0.326. The summed E-state index contributed by atoms with van der Waals surface area (Å²) >= 11 is 0. The van der Waals surface area contributed by atoms with Crippen molar-refractivity contribution in [3.63, 3.8) is 0 Å². The zero-order valence-corrected chi connectivity index (χ0v) is 12.2. The molecule has 0 aliphatic carbocycles. The van der Waals surface area contributed by atoms with Gasteiger partial charge in [-0.1, -0.05) is 50.3 Å². The lowest BCUT2D eigenvalue weighted by molar-refractivity contribution is 0.184. The molecule has 2 N–H and O–H groups in total. The van der Waals surface area contributed by atoms with E-state index in [9.17, 15) is 0 Å². The highest BCUT2D eigenvalue weighted by Crippen LogP contribution is 2.26. The predicted octanol–water partition coefficient (Wildman–Crippen LogP) is 3.15. The minimum atomic E-state index is 0.326. The summed E-state index contributed by atoms with van der Waals surface area (Å²) in [5, 5.41) is 0. The Bertz CT molecular complexity index is 420. The molecule has 1 aliphatic heterocycles. The smallest absolute Gasteiger partial charge is 0.0169 e. The third-order valence-corrected chi connectivity index (χ3v) is 3.91. The van der Waals surface area contributed by atoms with Gasteiger partial charge in [-0.15, -0.1) is 0 Å². The van der Waals surface area contributed by atoms with E-state index in [0.29, 0.717) is 5.41 Å². The average molecular weight is 258 g/mol. The number of nitrogens with zero attached hydrogens (tertiary/aromatic N) is 1. The molecule has 2 heteroatoms. The molecule has 0 bridgehead atoms. The largest absolute Gasteiger partial charge is 0.330 e. The number of rotatable bonds is 5. The van der Waals surface area contributed by atoms with Gasteiger partial charge in [0.15, 0.2) is 0 Å². The molecule has 2 nitrogen and oxygen atoms in total. The summed E-state index contributed by atoms with van der Waals surface area (Å²) in [6.07, 6.45) is 4.64. The maximum atomic E-state index is 5.69. The van der Waals surface area contributed by atoms with E-state index in [1.54, 1.807) is 0 Å². The van der Waals surface area contributed by atoms with Crippen molar-refractivity contribution in [1.82, 2.24) is 4.90 Å². The van der Waals surface area contributed by atoms with Gasteiger partial charge in [0.1, 0.15) is 0 Å². The van der Waals surface area contributed by atoms with Crippen LogP contribution in [-0.2, 0) is 0 Å². The van der Waals surface area contributed by atoms with Crippen LogP contribution in [0, 0.1) is 5.41 Å². The molecule has 1 aliphatic rings. The van der Waals surface area contributed by atoms with Crippen molar-refractivity contribution in [3.8, 4) is 0 Å². The molecule has 1 aromatic rings. The molecule has 0 fully saturated rings. The van der Waals surface area contributed by atoms with Gasteiger partial charge in [-0.3, -0.25) is 4.90 Å². The molecule has 2 rings (SSSR count). The van der Waals surface area contributed by atoms with Crippen LogP contribution in [0.3, 0.4) is 0 Å². The van der Waals surface area contributed by atoms with E-state index in [0.717, 1.165) is 39.0 Å². The predicted molar refractivity (Wildman–Crippen MR) is 82.9 cm³/mol. The Kier molecular flexibility index (Phi) is 4.78. The molecular weight excluding hydrogens is 232 g/mol. The summed E-state index contributed by atoms with van der Waals surface area (Å²) in [6.45, 7) is 8.79. The van der Waals surface area contributed by atoms with Crippen molar-refractivity contribution in [2.24, 2.45) is 11.1 Å². The summed E-state index contributed by atoms with van der Waals surface area (Å²) in [7, 11) is 0. The molecule has 0 radical (unpaired) electrons. The zero-order chi connectivity index (χ0) is 13.7. The molecule has 19 heavy (non-hydrogen) atoms. The first-order valence-corrected chi connectivity index (χ1v) is 7.28. The normalized spacial score (nSPS) is 17.3. The summed E-state index contributed by atoms with van der Waals surface area (Å²) in [6, 6.07) is 10.7.